The highest BCUT2D eigenvalue weighted by Gasteiger charge is 2.11. The van der Waals surface area contributed by atoms with E-state index in [0.29, 0.717) is 6.42 Å². The van der Waals surface area contributed by atoms with E-state index in [4.69, 9.17) is 5.11 Å². The average molecular weight is 298 g/mol. The lowest BCUT2D eigenvalue weighted by Crippen LogP contribution is -2.14. The maximum atomic E-state index is 11.9. The van der Waals surface area contributed by atoms with Gasteiger partial charge in [0.1, 0.15) is 0 Å². The number of aromatic nitrogens is 1. The Bertz CT molecular complexity index is 641. The molecule has 2 rings (SSSR count). The maximum absolute atomic E-state index is 11.9. The number of aromatic carboxylic acids is 1. The van der Waals surface area contributed by atoms with Gasteiger partial charge in [-0.2, -0.15) is 0 Å². The molecule has 2 N–H and O–H groups in total. The molecule has 0 aliphatic carbocycles. The van der Waals surface area contributed by atoms with Crippen molar-refractivity contribution in [3.63, 3.8) is 0 Å². The molecule has 1 heterocycles. The van der Waals surface area contributed by atoms with E-state index >= 15 is 0 Å². The van der Waals surface area contributed by atoms with Gasteiger partial charge < -0.3 is 10.4 Å². The van der Waals surface area contributed by atoms with E-state index in [9.17, 15) is 9.59 Å². The molecule has 0 aliphatic heterocycles. The molecule has 0 spiro atoms. The van der Waals surface area contributed by atoms with Crippen LogP contribution in [0.5, 0.6) is 0 Å². The molecule has 0 atom stereocenters. The number of benzene rings is 1. The number of unbranched alkanes of at least 4 members (excludes halogenated alkanes) is 1. The van der Waals surface area contributed by atoms with Crippen LogP contribution in [0.25, 0.3) is 0 Å². The van der Waals surface area contributed by atoms with Crippen LogP contribution in [0.1, 0.15) is 35.2 Å². The minimum Gasteiger partial charge on any atom is -0.478 e. The monoisotopic (exact) mass is 298 g/mol. The van der Waals surface area contributed by atoms with Gasteiger partial charge in [-0.1, -0.05) is 30.3 Å². The predicted octanol–water partition coefficient (Wildman–Crippen LogP) is 3.13. The zero-order valence-corrected chi connectivity index (χ0v) is 12.2. The second kappa shape index (κ2) is 7.93. The van der Waals surface area contributed by atoms with Crippen LogP contribution in [0.2, 0.25) is 0 Å². The first-order chi connectivity index (χ1) is 10.7. The second-order valence-electron chi connectivity index (χ2n) is 4.97. The van der Waals surface area contributed by atoms with Crippen molar-refractivity contribution in [3.05, 3.63) is 59.9 Å². The van der Waals surface area contributed by atoms with Gasteiger partial charge in [-0.25, -0.2) is 4.79 Å². The molecule has 1 aromatic carbocycles. The zero-order chi connectivity index (χ0) is 15.8. The second-order valence-corrected chi connectivity index (χ2v) is 4.97. The van der Waals surface area contributed by atoms with Gasteiger partial charge in [-0.15, -0.1) is 0 Å². The molecule has 5 heteroatoms. The molecular formula is C17H18N2O3. The summed E-state index contributed by atoms with van der Waals surface area (Å²) in [6, 6.07) is 11.5. The zero-order valence-electron chi connectivity index (χ0n) is 12.2. The minimum atomic E-state index is -1.08. The topological polar surface area (TPSA) is 79.3 Å². The number of carbonyl (C=O) groups excluding carboxylic acids is 1. The van der Waals surface area contributed by atoms with E-state index in [1.807, 2.05) is 18.2 Å². The van der Waals surface area contributed by atoms with Crippen molar-refractivity contribution in [1.29, 1.82) is 0 Å². The molecule has 22 heavy (non-hydrogen) atoms. The fraction of sp³-hybridized carbons (Fsp3) is 0.235. The summed E-state index contributed by atoms with van der Waals surface area (Å²) in [4.78, 5) is 26.7. The first-order valence-corrected chi connectivity index (χ1v) is 7.18. The van der Waals surface area contributed by atoms with Crippen LogP contribution in [-0.4, -0.2) is 22.0 Å². The number of hydrogen-bond acceptors (Lipinski definition) is 3. The van der Waals surface area contributed by atoms with Crippen LogP contribution in [0.4, 0.5) is 5.69 Å². The third-order valence-electron chi connectivity index (χ3n) is 3.29. The molecule has 0 fully saturated rings. The molecule has 114 valence electrons. The number of carboxylic acid groups (broad SMARTS) is 1. The Morgan fingerprint density at radius 3 is 2.59 bits per heavy atom. The van der Waals surface area contributed by atoms with Gasteiger partial charge in [0.2, 0.25) is 5.91 Å². The summed E-state index contributed by atoms with van der Waals surface area (Å²) in [5.74, 6) is -1.27. The van der Waals surface area contributed by atoms with Crippen molar-refractivity contribution in [2.45, 2.75) is 25.7 Å². The number of carboxylic acids is 1. The Morgan fingerprint density at radius 1 is 1.09 bits per heavy atom. The fourth-order valence-electron chi connectivity index (χ4n) is 2.15. The van der Waals surface area contributed by atoms with Gasteiger partial charge in [0, 0.05) is 12.6 Å². The Morgan fingerprint density at radius 2 is 1.86 bits per heavy atom. The summed E-state index contributed by atoms with van der Waals surface area (Å²) in [5, 5.41) is 11.6. The molecule has 0 saturated carbocycles. The lowest BCUT2D eigenvalue weighted by molar-refractivity contribution is -0.116. The third-order valence-corrected chi connectivity index (χ3v) is 3.29. The van der Waals surface area contributed by atoms with E-state index < -0.39 is 5.97 Å². The molecule has 2 aromatic rings. The number of nitrogens with one attached hydrogen (secondary N) is 1. The van der Waals surface area contributed by atoms with Crippen molar-refractivity contribution < 1.29 is 14.7 Å². The number of carbonyl (C=O) groups is 2. The summed E-state index contributed by atoms with van der Waals surface area (Å²) in [6.45, 7) is 0. The third kappa shape index (κ3) is 4.70. The van der Waals surface area contributed by atoms with Crippen molar-refractivity contribution in [2.75, 3.05) is 5.32 Å². The largest absolute Gasteiger partial charge is 0.478 e. The SMILES string of the molecule is O=C(CCCCc1ccccc1)Nc1cnccc1C(=O)O. The molecular weight excluding hydrogens is 280 g/mol. The number of aryl methyl sites for hydroxylation is 1. The Labute approximate surface area is 129 Å². The van der Waals surface area contributed by atoms with E-state index in [-0.39, 0.29) is 17.2 Å². The smallest absolute Gasteiger partial charge is 0.337 e. The predicted molar refractivity (Wildman–Crippen MR) is 83.8 cm³/mol. The van der Waals surface area contributed by atoms with Crippen molar-refractivity contribution in [2.24, 2.45) is 0 Å². The number of nitrogens with zero attached hydrogens (tertiary/aromatic N) is 1. The first-order valence-electron chi connectivity index (χ1n) is 7.18. The summed E-state index contributed by atoms with van der Waals surface area (Å²) in [6.07, 6.45) is 5.70. The number of rotatable bonds is 7. The van der Waals surface area contributed by atoms with Crippen LogP contribution in [0.15, 0.2) is 48.8 Å². The summed E-state index contributed by atoms with van der Waals surface area (Å²) < 4.78 is 0. The van der Waals surface area contributed by atoms with E-state index in [1.165, 1.54) is 24.0 Å². The highest BCUT2D eigenvalue weighted by atomic mass is 16.4. The van der Waals surface area contributed by atoms with Gasteiger partial charge in [-0.3, -0.25) is 9.78 Å². The quantitative estimate of drug-likeness (QED) is 0.770. The number of pyridine rings is 1. The van der Waals surface area contributed by atoms with Gasteiger partial charge in [0.25, 0.3) is 0 Å². The Balaban J connectivity index is 1.78. The maximum Gasteiger partial charge on any atom is 0.337 e. The normalized spacial score (nSPS) is 10.2. The van der Waals surface area contributed by atoms with Gasteiger partial charge >= 0.3 is 5.97 Å². The number of amides is 1. The highest BCUT2D eigenvalue weighted by Crippen LogP contribution is 2.14. The molecule has 0 bridgehead atoms. The van der Waals surface area contributed by atoms with Crippen LogP contribution in [0.3, 0.4) is 0 Å². The summed E-state index contributed by atoms with van der Waals surface area (Å²) >= 11 is 0. The van der Waals surface area contributed by atoms with Gasteiger partial charge in [0.05, 0.1) is 17.4 Å². The average Bonchev–Trinajstić information content (AvgIpc) is 2.53. The lowest BCUT2D eigenvalue weighted by Gasteiger charge is -2.07. The van der Waals surface area contributed by atoms with Gasteiger partial charge in [-0.05, 0) is 30.9 Å². The highest BCUT2D eigenvalue weighted by molar-refractivity contribution is 6.00. The molecule has 0 aliphatic rings. The minimum absolute atomic E-state index is 0.0487. The Hall–Kier alpha value is -2.69. The molecule has 1 aromatic heterocycles. The molecule has 0 radical (unpaired) electrons. The van der Waals surface area contributed by atoms with E-state index in [0.717, 1.165) is 19.3 Å². The van der Waals surface area contributed by atoms with Gasteiger partial charge in [0.15, 0.2) is 0 Å². The number of anilines is 1. The first kappa shape index (κ1) is 15.7. The Kier molecular flexibility index (Phi) is 5.65. The van der Waals surface area contributed by atoms with Crippen LogP contribution >= 0.6 is 0 Å². The number of hydrogen-bond donors (Lipinski definition) is 2. The molecule has 1 amide bonds. The standard InChI is InChI=1S/C17H18N2O3/c20-16(9-5-4-8-13-6-2-1-3-7-13)19-15-12-18-11-10-14(15)17(21)22/h1-3,6-7,10-12H,4-5,8-9H2,(H,19,20)(H,21,22). The van der Waals surface area contributed by atoms with Crippen molar-refractivity contribution >= 4 is 17.6 Å². The molecule has 0 saturated heterocycles. The lowest BCUT2D eigenvalue weighted by atomic mass is 10.1. The molecule has 5 nitrogen and oxygen atoms in total. The van der Waals surface area contributed by atoms with Crippen LogP contribution in [-0.2, 0) is 11.2 Å². The van der Waals surface area contributed by atoms with Crippen molar-refractivity contribution in [1.82, 2.24) is 4.98 Å². The summed E-state index contributed by atoms with van der Waals surface area (Å²) in [5.41, 5.74) is 1.54. The van der Waals surface area contributed by atoms with Crippen LogP contribution < -0.4 is 5.32 Å². The van der Waals surface area contributed by atoms with E-state index in [2.05, 4.69) is 22.4 Å². The van der Waals surface area contributed by atoms with Crippen LogP contribution in [0, 0.1) is 0 Å². The van der Waals surface area contributed by atoms with E-state index in [1.54, 1.807) is 0 Å². The fourth-order valence-corrected chi connectivity index (χ4v) is 2.15. The summed E-state index contributed by atoms with van der Waals surface area (Å²) in [7, 11) is 0. The van der Waals surface area contributed by atoms with Crippen molar-refractivity contribution in [3.8, 4) is 0 Å². The molecule has 0 unspecified atom stereocenters.